The molecule has 16 nitrogen and oxygen atoms in total. The van der Waals surface area contributed by atoms with E-state index in [-0.39, 0.29) is 0 Å². The molecule has 16 heteroatoms. The number of benzene rings is 4. The number of rotatable bonds is 25. The summed E-state index contributed by atoms with van der Waals surface area (Å²) in [6, 6.07) is 28.1. The van der Waals surface area contributed by atoms with Gasteiger partial charge in [-0.25, -0.2) is 19.9 Å². The Morgan fingerprint density at radius 1 is 0.705 bits per heavy atom. The Morgan fingerprint density at radius 3 is 2.08 bits per heavy atom. The number of nitrogens with one attached hydrogen (secondary N) is 2. The minimum atomic E-state index is 0.422. The number of nitrogens with zero attached hydrogens (tertiary/aromatic N) is 8. The summed E-state index contributed by atoms with van der Waals surface area (Å²) in [5.41, 5.74) is 9.48. The highest BCUT2D eigenvalue weighted by Crippen LogP contribution is 2.31. The predicted octanol–water partition coefficient (Wildman–Crippen LogP) is 11.1. The Kier molecular flexibility index (Phi) is 25.0. The maximum absolute atomic E-state index is 6.25. The molecule has 0 saturated heterocycles. The zero-order valence-electron chi connectivity index (χ0n) is 47.3. The summed E-state index contributed by atoms with van der Waals surface area (Å²) in [6.07, 6.45) is 11.4. The molecule has 0 saturated carbocycles. The first-order chi connectivity index (χ1) is 38.1. The number of likely N-dealkylation sites (N-methyl/N-ethyl adjacent to an activating group) is 4. The molecule has 3 heterocycles. The summed E-state index contributed by atoms with van der Waals surface area (Å²) < 4.78 is 35.1. The van der Waals surface area contributed by atoms with Gasteiger partial charge >= 0.3 is 0 Å². The van der Waals surface area contributed by atoms with Crippen LogP contribution in [0.3, 0.4) is 0 Å². The van der Waals surface area contributed by atoms with Gasteiger partial charge in [0.05, 0.1) is 52.0 Å². The van der Waals surface area contributed by atoms with Crippen molar-refractivity contribution in [2.75, 3.05) is 118 Å². The zero-order chi connectivity index (χ0) is 55.5. The lowest BCUT2D eigenvalue weighted by Crippen LogP contribution is -2.28. The molecule has 0 radical (unpaired) electrons. The van der Waals surface area contributed by atoms with Gasteiger partial charge in [-0.1, -0.05) is 52.0 Å². The molecule has 0 spiro atoms. The monoisotopic (exact) mass is 1060 g/mol. The summed E-state index contributed by atoms with van der Waals surface area (Å²) in [5.74, 6) is 4.40. The molecular formula is C62H82N10O6. The third-order valence-electron chi connectivity index (χ3n) is 13.1. The van der Waals surface area contributed by atoms with Crippen LogP contribution in [0.25, 0.3) is 22.5 Å². The lowest BCUT2D eigenvalue weighted by molar-refractivity contribution is 0.146. The molecule has 0 unspecified atom stereocenters. The molecule has 2 N–H and O–H groups in total. The Bertz CT molecular complexity index is 2820. The molecule has 0 fully saturated rings. The van der Waals surface area contributed by atoms with Crippen LogP contribution in [0, 0.1) is 0 Å². The molecule has 7 rings (SSSR count). The zero-order valence-corrected chi connectivity index (χ0v) is 47.3. The maximum atomic E-state index is 6.25. The summed E-state index contributed by atoms with van der Waals surface area (Å²) in [4.78, 5) is 27.6. The van der Waals surface area contributed by atoms with Crippen LogP contribution in [0.2, 0.25) is 0 Å². The van der Waals surface area contributed by atoms with Gasteiger partial charge in [-0.3, -0.25) is 9.80 Å². The number of anilines is 4. The molecule has 2 aromatic heterocycles. The average molecular weight is 1060 g/mol. The first kappa shape index (κ1) is 60.1. The van der Waals surface area contributed by atoms with Crippen LogP contribution in [0.15, 0.2) is 135 Å². The van der Waals surface area contributed by atoms with Crippen molar-refractivity contribution in [3.05, 3.63) is 157 Å². The van der Waals surface area contributed by atoms with E-state index in [1.54, 1.807) is 32.7 Å². The average Bonchev–Trinajstić information content (AvgIpc) is 3.46. The lowest BCUT2D eigenvalue weighted by Gasteiger charge is -2.21. The van der Waals surface area contributed by atoms with Crippen molar-refractivity contribution in [3.63, 3.8) is 0 Å². The summed E-state index contributed by atoms with van der Waals surface area (Å²) in [7, 11) is 7.50. The highest BCUT2D eigenvalue weighted by molar-refractivity contribution is 5.66. The molecule has 1 aliphatic heterocycles. The van der Waals surface area contributed by atoms with Crippen molar-refractivity contribution in [1.29, 1.82) is 0 Å². The van der Waals surface area contributed by atoms with Gasteiger partial charge in [0.1, 0.15) is 36.2 Å². The first-order valence-electron chi connectivity index (χ1n) is 27.0. The standard InChI is InChI=1S/C32H43N5O3.C30H39N5O3/c1-7-17-36(5)23-26-22-28(12-14-31(26)40-20-18-37(9-3)10-4)34-32-33-16-15-29(35-32)25-11-13-30(38-6)27(21-25)24-39-19-8-2;1-5-35(6-2)16-18-38-29-12-10-26-20-24(29)21-34(3)15-7-8-17-37-22-25-19-23(9-11-28(25)36-4)27-13-14-31-30(32-26)33-27/h7-8,11-16,21-22H,1-2,9-10,17-20,23-24H2,3-6H3,(H,33,34,35);7-14,19-20H,5-6,15-18,21-22H2,1-4H3,(H,31,32,33)/b;8-7+. The number of hydrogen-bond donors (Lipinski definition) is 2. The molecule has 1 aliphatic rings. The fourth-order valence-corrected chi connectivity index (χ4v) is 8.75. The fraction of sp³-hybridized carbons (Fsp3) is 0.387. The fourth-order valence-electron chi connectivity index (χ4n) is 8.75. The van der Waals surface area contributed by atoms with E-state index in [9.17, 15) is 0 Å². The molecule has 78 heavy (non-hydrogen) atoms. The lowest BCUT2D eigenvalue weighted by atomic mass is 10.1. The van der Waals surface area contributed by atoms with Gasteiger partial charge in [-0.15, -0.1) is 13.2 Å². The smallest absolute Gasteiger partial charge is 0.227 e. The van der Waals surface area contributed by atoms with E-state index in [4.69, 9.17) is 38.4 Å². The first-order valence-corrected chi connectivity index (χ1v) is 27.0. The van der Waals surface area contributed by atoms with Crippen molar-refractivity contribution in [2.45, 2.75) is 54.0 Å². The van der Waals surface area contributed by atoms with E-state index < -0.39 is 0 Å². The highest BCUT2D eigenvalue weighted by Gasteiger charge is 2.15. The number of methoxy groups -OCH3 is 2. The van der Waals surface area contributed by atoms with Crippen LogP contribution < -0.4 is 29.6 Å². The molecule has 4 aromatic carbocycles. The second-order valence-electron chi connectivity index (χ2n) is 18.7. The van der Waals surface area contributed by atoms with Gasteiger partial charge in [0.2, 0.25) is 11.9 Å². The summed E-state index contributed by atoms with van der Waals surface area (Å²) in [5, 5.41) is 6.76. The van der Waals surface area contributed by atoms with Crippen molar-refractivity contribution >= 4 is 23.3 Å². The van der Waals surface area contributed by atoms with Crippen LogP contribution in [-0.2, 0) is 35.8 Å². The molecule has 0 amide bonds. The second kappa shape index (κ2) is 32.5. The third kappa shape index (κ3) is 18.8. The van der Waals surface area contributed by atoms with E-state index in [0.717, 1.165) is 145 Å². The van der Waals surface area contributed by atoms with Crippen molar-refractivity contribution < 1.29 is 28.4 Å². The molecule has 416 valence electrons. The van der Waals surface area contributed by atoms with Gasteiger partial charge in [-0.2, -0.15) is 0 Å². The van der Waals surface area contributed by atoms with Crippen molar-refractivity contribution in [1.82, 2.24) is 39.5 Å². The quantitative estimate of drug-likeness (QED) is 0.0414. The maximum Gasteiger partial charge on any atom is 0.227 e. The Labute approximate surface area is 463 Å². The van der Waals surface area contributed by atoms with E-state index in [0.29, 0.717) is 51.5 Å². The van der Waals surface area contributed by atoms with E-state index in [1.807, 2.05) is 72.8 Å². The van der Waals surface area contributed by atoms with Crippen molar-refractivity contribution in [2.24, 2.45) is 0 Å². The number of hydrogen-bond acceptors (Lipinski definition) is 16. The third-order valence-corrected chi connectivity index (χ3v) is 13.1. The topological polar surface area (TPSA) is 144 Å². The van der Waals surface area contributed by atoms with Crippen LogP contribution in [-0.4, -0.2) is 147 Å². The van der Waals surface area contributed by atoms with Gasteiger partial charge in [0, 0.05) is 96.4 Å². The summed E-state index contributed by atoms with van der Waals surface area (Å²) in [6.45, 7) is 28.3. The van der Waals surface area contributed by atoms with Gasteiger partial charge < -0.3 is 48.9 Å². The molecule has 0 atom stereocenters. The van der Waals surface area contributed by atoms with Gasteiger partial charge in [-0.05, 0) is 125 Å². The second-order valence-corrected chi connectivity index (χ2v) is 18.7. The highest BCUT2D eigenvalue weighted by atomic mass is 16.5. The normalized spacial score (nSPS) is 13.1. The molecule has 6 bridgehead atoms. The van der Waals surface area contributed by atoms with Crippen LogP contribution in [0.5, 0.6) is 23.0 Å². The van der Waals surface area contributed by atoms with Gasteiger partial charge in [0.25, 0.3) is 0 Å². The van der Waals surface area contributed by atoms with E-state index in [2.05, 4.69) is 126 Å². The number of fused-ring (bicyclic) bond motifs is 7. The van der Waals surface area contributed by atoms with E-state index in [1.165, 1.54) is 0 Å². The largest absolute Gasteiger partial charge is 0.496 e. The Morgan fingerprint density at radius 2 is 1.37 bits per heavy atom. The van der Waals surface area contributed by atoms with Crippen molar-refractivity contribution in [3.8, 4) is 45.5 Å². The molecule has 0 aliphatic carbocycles. The van der Waals surface area contributed by atoms with Gasteiger partial charge in [0.15, 0.2) is 0 Å². The molecular weight excluding hydrogens is 981 g/mol. The SMILES string of the molecule is C=CCOCc1cc(-c2ccnc(Nc3ccc(OCCN(CC)CC)c(CN(C)CC=C)c3)n2)ccc1OC.CCN(CC)CCOc1ccc2cc1CN(C)C/C=C/COCc1cc(ccc1OC)-c1ccnc(n1)N2. The molecule has 6 aromatic rings. The van der Waals surface area contributed by atoms with E-state index >= 15 is 0 Å². The minimum absolute atomic E-state index is 0.422. The Balaban J connectivity index is 0.000000253. The Hall–Kier alpha value is -7.18. The van der Waals surface area contributed by atoms with Crippen LogP contribution >= 0.6 is 0 Å². The minimum Gasteiger partial charge on any atom is -0.496 e. The summed E-state index contributed by atoms with van der Waals surface area (Å²) >= 11 is 0. The predicted molar refractivity (Wildman–Crippen MR) is 316 cm³/mol. The van der Waals surface area contributed by atoms with Crippen LogP contribution in [0.4, 0.5) is 23.3 Å². The number of ether oxygens (including phenoxy) is 6. The van der Waals surface area contributed by atoms with Crippen LogP contribution in [0.1, 0.15) is 49.9 Å². The number of aromatic nitrogens is 4.